The lowest BCUT2D eigenvalue weighted by Crippen LogP contribution is -2.08. The fraction of sp³-hybridized carbons (Fsp3) is 0.429. The van der Waals surface area contributed by atoms with E-state index < -0.39 is 5.97 Å². The molecule has 4 heteroatoms. The highest BCUT2D eigenvalue weighted by atomic mass is 16.4. The second-order valence-corrected chi connectivity index (χ2v) is 5.17. The normalized spacial score (nSPS) is 16.9. The van der Waals surface area contributed by atoms with Crippen molar-refractivity contribution in [1.29, 1.82) is 0 Å². The van der Waals surface area contributed by atoms with Gasteiger partial charge in [0.25, 0.3) is 0 Å². The number of hydrogen-bond acceptors (Lipinski definition) is 2. The van der Waals surface area contributed by atoms with Crippen LogP contribution < -0.4 is 0 Å². The Morgan fingerprint density at radius 1 is 1.56 bits per heavy atom. The SMILES string of the molecule is Cc1[nH]nc2ccc(C(CC(=O)O)C3CC3)cc12. The molecule has 0 aliphatic heterocycles. The Kier molecular flexibility index (Phi) is 2.58. The number of aromatic nitrogens is 2. The van der Waals surface area contributed by atoms with E-state index in [0.717, 1.165) is 35.0 Å². The highest BCUT2D eigenvalue weighted by molar-refractivity contribution is 5.82. The molecule has 1 unspecified atom stereocenters. The lowest BCUT2D eigenvalue weighted by molar-refractivity contribution is -0.137. The maximum atomic E-state index is 11.0. The van der Waals surface area contributed by atoms with E-state index in [4.69, 9.17) is 5.11 Å². The highest BCUT2D eigenvalue weighted by Crippen LogP contribution is 2.45. The van der Waals surface area contributed by atoms with E-state index in [0.29, 0.717) is 5.92 Å². The van der Waals surface area contributed by atoms with Crippen molar-refractivity contribution in [3.05, 3.63) is 29.5 Å². The summed E-state index contributed by atoms with van der Waals surface area (Å²) >= 11 is 0. The number of fused-ring (bicyclic) bond motifs is 1. The zero-order valence-corrected chi connectivity index (χ0v) is 10.3. The molecule has 3 rings (SSSR count). The second-order valence-electron chi connectivity index (χ2n) is 5.17. The Hall–Kier alpha value is -1.84. The Morgan fingerprint density at radius 3 is 3.00 bits per heavy atom. The van der Waals surface area contributed by atoms with Gasteiger partial charge in [-0.1, -0.05) is 6.07 Å². The summed E-state index contributed by atoms with van der Waals surface area (Å²) in [6.07, 6.45) is 2.54. The molecule has 1 fully saturated rings. The standard InChI is InChI=1S/C14H16N2O2/c1-8-11-6-10(4-5-13(11)16-15-8)12(7-14(17)18)9-2-3-9/h4-6,9,12H,2-3,7H2,1H3,(H,15,16)(H,17,18). The molecule has 0 amide bonds. The van der Waals surface area contributed by atoms with E-state index in [2.05, 4.69) is 16.3 Å². The molecular weight excluding hydrogens is 228 g/mol. The number of hydrogen-bond donors (Lipinski definition) is 2. The number of aliphatic carboxylic acids is 1. The van der Waals surface area contributed by atoms with Crippen LogP contribution in [0.25, 0.3) is 10.9 Å². The van der Waals surface area contributed by atoms with Crippen molar-refractivity contribution in [1.82, 2.24) is 10.2 Å². The summed E-state index contributed by atoms with van der Waals surface area (Å²) in [7, 11) is 0. The van der Waals surface area contributed by atoms with Gasteiger partial charge in [0.15, 0.2) is 0 Å². The molecule has 1 heterocycles. The molecule has 1 saturated carbocycles. The van der Waals surface area contributed by atoms with E-state index in [1.165, 1.54) is 0 Å². The van der Waals surface area contributed by atoms with Crippen LogP contribution >= 0.6 is 0 Å². The van der Waals surface area contributed by atoms with Crippen LogP contribution in [0.15, 0.2) is 18.2 Å². The molecule has 1 aliphatic carbocycles. The summed E-state index contributed by atoms with van der Waals surface area (Å²) in [4.78, 5) is 11.0. The van der Waals surface area contributed by atoms with Crippen LogP contribution in [-0.4, -0.2) is 21.3 Å². The lowest BCUT2D eigenvalue weighted by atomic mass is 9.90. The second kappa shape index (κ2) is 4.12. The number of H-pyrrole nitrogens is 1. The topological polar surface area (TPSA) is 66.0 Å². The van der Waals surface area contributed by atoms with Crippen molar-refractivity contribution in [2.45, 2.75) is 32.1 Å². The Balaban J connectivity index is 2.00. The van der Waals surface area contributed by atoms with Crippen LogP contribution in [0.4, 0.5) is 0 Å². The van der Waals surface area contributed by atoms with Gasteiger partial charge in [0.1, 0.15) is 0 Å². The monoisotopic (exact) mass is 244 g/mol. The first-order valence-corrected chi connectivity index (χ1v) is 6.31. The van der Waals surface area contributed by atoms with Crippen molar-refractivity contribution in [3.8, 4) is 0 Å². The van der Waals surface area contributed by atoms with Gasteiger partial charge in [-0.15, -0.1) is 0 Å². The number of nitrogens with one attached hydrogen (secondary N) is 1. The average molecular weight is 244 g/mol. The third-order valence-corrected chi connectivity index (χ3v) is 3.78. The van der Waals surface area contributed by atoms with Gasteiger partial charge in [0, 0.05) is 11.1 Å². The van der Waals surface area contributed by atoms with Crippen molar-refractivity contribution in [2.75, 3.05) is 0 Å². The molecule has 2 aromatic rings. The van der Waals surface area contributed by atoms with Gasteiger partial charge in [0.05, 0.1) is 11.9 Å². The average Bonchev–Trinajstić information content (AvgIpc) is 3.11. The fourth-order valence-corrected chi connectivity index (χ4v) is 2.63. The third kappa shape index (κ3) is 1.98. The lowest BCUT2D eigenvalue weighted by Gasteiger charge is -2.14. The van der Waals surface area contributed by atoms with Gasteiger partial charge in [-0.2, -0.15) is 5.10 Å². The number of aryl methyl sites for hydroxylation is 1. The molecule has 1 aromatic carbocycles. The molecule has 0 bridgehead atoms. The smallest absolute Gasteiger partial charge is 0.303 e. The highest BCUT2D eigenvalue weighted by Gasteiger charge is 2.33. The van der Waals surface area contributed by atoms with Gasteiger partial charge in [0.2, 0.25) is 0 Å². The van der Waals surface area contributed by atoms with E-state index in [1.54, 1.807) is 0 Å². The summed E-state index contributed by atoms with van der Waals surface area (Å²) in [6, 6.07) is 6.10. The van der Waals surface area contributed by atoms with E-state index in [9.17, 15) is 4.79 Å². The van der Waals surface area contributed by atoms with Gasteiger partial charge >= 0.3 is 5.97 Å². The van der Waals surface area contributed by atoms with E-state index in [1.807, 2.05) is 19.1 Å². The third-order valence-electron chi connectivity index (χ3n) is 3.78. The molecule has 0 saturated heterocycles. The minimum absolute atomic E-state index is 0.154. The van der Waals surface area contributed by atoms with E-state index in [-0.39, 0.29) is 12.3 Å². The van der Waals surface area contributed by atoms with Gasteiger partial charge in [-0.25, -0.2) is 0 Å². The van der Waals surface area contributed by atoms with Gasteiger partial charge in [-0.3, -0.25) is 9.89 Å². The number of rotatable bonds is 4. The zero-order valence-electron chi connectivity index (χ0n) is 10.3. The first kappa shape index (κ1) is 11.3. The summed E-state index contributed by atoms with van der Waals surface area (Å²) < 4.78 is 0. The molecule has 4 nitrogen and oxygen atoms in total. The van der Waals surface area contributed by atoms with Crippen LogP contribution in [0.5, 0.6) is 0 Å². The molecule has 0 spiro atoms. The van der Waals surface area contributed by atoms with Crippen molar-refractivity contribution in [3.63, 3.8) is 0 Å². The summed E-state index contributed by atoms with van der Waals surface area (Å²) in [5, 5.41) is 17.3. The Labute approximate surface area is 105 Å². The number of carboxylic acids is 1. The molecule has 18 heavy (non-hydrogen) atoms. The van der Waals surface area contributed by atoms with Crippen LogP contribution in [0.3, 0.4) is 0 Å². The van der Waals surface area contributed by atoms with Crippen molar-refractivity contribution >= 4 is 16.9 Å². The number of carboxylic acid groups (broad SMARTS) is 1. The van der Waals surface area contributed by atoms with Gasteiger partial charge in [-0.05, 0) is 49.3 Å². The number of nitrogens with zero attached hydrogens (tertiary/aromatic N) is 1. The van der Waals surface area contributed by atoms with E-state index >= 15 is 0 Å². The minimum atomic E-state index is -0.712. The molecular formula is C14H16N2O2. The molecule has 1 atom stereocenters. The summed E-state index contributed by atoms with van der Waals surface area (Å²) in [6.45, 7) is 1.99. The van der Waals surface area contributed by atoms with Crippen LogP contribution in [0, 0.1) is 12.8 Å². The van der Waals surface area contributed by atoms with Crippen LogP contribution in [0.1, 0.15) is 36.4 Å². The first-order chi connectivity index (χ1) is 8.65. The molecule has 2 N–H and O–H groups in total. The maximum absolute atomic E-state index is 11.0. The Bertz CT molecular complexity index is 599. The van der Waals surface area contributed by atoms with Crippen LogP contribution in [0.2, 0.25) is 0 Å². The number of carbonyl (C=O) groups is 1. The molecule has 1 aliphatic rings. The molecule has 1 aromatic heterocycles. The van der Waals surface area contributed by atoms with Gasteiger partial charge < -0.3 is 5.11 Å². The quantitative estimate of drug-likeness (QED) is 0.869. The fourth-order valence-electron chi connectivity index (χ4n) is 2.63. The maximum Gasteiger partial charge on any atom is 0.303 e. The van der Waals surface area contributed by atoms with Crippen molar-refractivity contribution < 1.29 is 9.90 Å². The predicted octanol–water partition coefficient (Wildman–Crippen LogP) is 2.84. The predicted molar refractivity (Wildman–Crippen MR) is 68.5 cm³/mol. The zero-order chi connectivity index (χ0) is 12.7. The number of aromatic amines is 1. The summed E-state index contributed by atoms with van der Waals surface area (Å²) in [5.41, 5.74) is 3.12. The minimum Gasteiger partial charge on any atom is -0.481 e. The largest absolute Gasteiger partial charge is 0.481 e. The number of benzene rings is 1. The Morgan fingerprint density at radius 2 is 2.33 bits per heavy atom. The van der Waals surface area contributed by atoms with Crippen molar-refractivity contribution in [2.24, 2.45) is 5.92 Å². The molecule has 0 radical (unpaired) electrons. The van der Waals surface area contributed by atoms with Crippen LogP contribution in [-0.2, 0) is 4.79 Å². The first-order valence-electron chi connectivity index (χ1n) is 6.31. The molecule has 94 valence electrons. The summed E-state index contributed by atoms with van der Waals surface area (Å²) in [5.74, 6) is -0.0112.